The zero-order valence-corrected chi connectivity index (χ0v) is 21.2. The molecule has 0 saturated carbocycles. The Labute approximate surface area is 208 Å². The number of nitrogens with one attached hydrogen (secondary N) is 1. The SMILES string of the molecule is CCCCCCCCn1c(CCCCCNC(=O)COc2ccc(Cl)cc2)nc2ccccc21. The lowest BCUT2D eigenvalue weighted by Crippen LogP contribution is -2.29. The first-order valence-electron chi connectivity index (χ1n) is 12.8. The lowest BCUT2D eigenvalue weighted by Gasteiger charge is -2.10. The van der Waals surface area contributed by atoms with Gasteiger partial charge in [-0.2, -0.15) is 0 Å². The van der Waals surface area contributed by atoms with Gasteiger partial charge in [0.1, 0.15) is 11.6 Å². The summed E-state index contributed by atoms with van der Waals surface area (Å²) in [4.78, 5) is 16.9. The molecule has 0 saturated heterocycles. The molecule has 0 aliphatic heterocycles. The van der Waals surface area contributed by atoms with Gasteiger partial charge in [0.2, 0.25) is 0 Å². The van der Waals surface area contributed by atoms with E-state index in [1.165, 1.54) is 49.9 Å². The summed E-state index contributed by atoms with van der Waals surface area (Å²) in [6.07, 6.45) is 11.8. The monoisotopic (exact) mass is 483 g/mol. The summed E-state index contributed by atoms with van der Waals surface area (Å²) in [6.45, 7) is 3.99. The van der Waals surface area contributed by atoms with Crippen molar-refractivity contribution in [3.05, 3.63) is 59.4 Å². The second-order valence-corrected chi connectivity index (χ2v) is 9.28. The van der Waals surface area contributed by atoms with Crippen LogP contribution in [0.15, 0.2) is 48.5 Å². The third kappa shape index (κ3) is 8.68. The van der Waals surface area contributed by atoms with Crippen LogP contribution in [0.4, 0.5) is 0 Å². The summed E-state index contributed by atoms with van der Waals surface area (Å²) in [5, 5.41) is 3.58. The predicted molar refractivity (Wildman–Crippen MR) is 141 cm³/mol. The zero-order chi connectivity index (χ0) is 24.0. The number of rotatable bonds is 16. The molecule has 0 spiro atoms. The number of unbranched alkanes of at least 4 members (excludes halogenated alkanes) is 7. The van der Waals surface area contributed by atoms with Crippen molar-refractivity contribution < 1.29 is 9.53 Å². The van der Waals surface area contributed by atoms with Crippen molar-refractivity contribution in [3.8, 4) is 5.75 Å². The number of ether oxygens (including phenoxy) is 1. The van der Waals surface area contributed by atoms with Crippen molar-refractivity contribution in [2.45, 2.75) is 77.7 Å². The Bertz CT molecular complexity index is 1000. The molecule has 0 aliphatic rings. The van der Waals surface area contributed by atoms with Gasteiger partial charge in [-0.3, -0.25) is 4.79 Å². The van der Waals surface area contributed by atoms with Crippen molar-refractivity contribution in [2.24, 2.45) is 0 Å². The fraction of sp³-hybridized carbons (Fsp3) is 0.500. The van der Waals surface area contributed by atoms with Crippen molar-refractivity contribution >= 4 is 28.5 Å². The molecule has 0 atom stereocenters. The Balaban J connectivity index is 1.36. The first-order valence-corrected chi connectivity index (χ1v) is 13.1. The minimum Gasteiger partial charge on any atom is -0.484 e. The Hall–Kier alpha value is -2.53. The molecular formula is C28H38ClN3O2. The highest BCUT2D eigenvalue weighted by Crippen LogP contribution is 2.19. The number of para-hydroxylation sites is 2. The molecule has 6 heteroatoms. The summed E-state index contributed by atoms with van der Waals surface area (Å²) in [6, 6.07) is 15.5. The quantitative estimate of drug-likeness (QED) is 0.224. The van der Waals surface area contributed by atoms with Crippen LogP contribution in [0.1, 0.15) is 70.5 Å². The molecule has 3 rings (SSSR count). The molecule has 0 radical (unpaired) electrons. The second-order valence-electron chi connectivity index (χ2n) is 8.84. The van der Waals surface area contributed by atoms with E-state index in [4.69, 9.17) is 21.3 Å². The lowest BCUT2D eigenvalue weighted by molar-refractivity contribution is -0.123. The van der Waals surface area contributed by atoms with Gasteiger partial charge in [0.15, 0.2) is 6.61 Å². The molecule has 0 aliphatic carbocycles. The largest absolute Gasteiger partial charge is 0.484 e. The van der Waals surface area contributed by atoms with Gasteiger partial charge in [-0.05, 0) is 55.7 Å². The van der Waals surface area contributed by atoms with Crippen LogP contribution in [-0.2, 0) is 17.8 Å². The van der Waals surface area contributed by atoms with Gasteiger partial charge in [0, 0.05) is 24.5 Å². The van der Waals surface area contributed by atoms with Gasteiger partial charge >= 0.3 is 0 Å². The van der Waals surface area contributed by atoms with Crippen molar-refractivity contribution in [1.82, 2.24) is 14.9 Å². The first kappa shape index (κ1) is 26.1. The fourth-order valence-corrected chi connectivity index (χ4v) is 4.29. The number of fused-ring (bicyclic) bond motifs is 1. The molecule has 2 aromatic carbocycles. The number of hydrogen-bond acceptors (Lipinski definition) is 3. The van der Waals surface area contributed by atoms with Crippen LogP contribution in [0.2, 0.25) is 5.02 Å². The molecule has 1 heterocycles. The number of hydrogen-bond donors (Lipinski definition) is 1. The van der Waals surface area contributed by atoms with Gasteiger partial charge < -0.3 is 14.6 Å². The molecular weight excluding hydrogens is 446 g/mol. The van der Waals surface area contributed by atoms with E-state index >= 15 is 0 Å². The molecule has 1 N–H and O–H groups in total. The van der Waals surface area contributed by atoms with E-state index in [-0.39, 0.29) is 12.5 Å². The van der Waals surface area contributed by atoms with E-state index in [0.29, 0.717) is 17.3 Å². The number of carbonyl (C=O) groups is 1. The molecule has 34 heavy (non-hydrogen) atoms. The van der Waals surface area contributed by atoms with E-state index in [1.54, 1.807) is 24.3 Å². The number of aromatic nitrogens is 2. The molecule has 1 amide bonds. The molecule has 184 valence electrons. The maximum Gasteiger partial charge on any atom is 0.257 e. The van der Waals surface area contributed by atoms with Crippen LogP contribution in [0.5, 0.6) is 5.75 Å². The summed E-state index contributed by atoms with van der Waals surface area (Å²) in [5.41, 5.74) is 2.34. The van der Waals surface area contributed by atoms with Gasteiger partial charge in [-0.15, -0.1) is 0 Å². The van der Waals surface area contributed by atoms with Crippen LogP contribution in [0.25, 0.3) is 11.0 Å². The molecule has 5 nitrogen and oxygen atoms in total. The minimum absolute atomic E-state index is 0.0180. The Morgan fingerprint density at radius 3 is 2.50 bits per heavy atom. The molecule has 3 aromatic rings. The predicted octanol–water partition coefficient (Wildman–Crippen LogP) is 6.96. The van der Waals surface area contributed by atoms with Gasteiger partial charge in [-0.25, -0.2) is 4.98 Å². The third-order valence-corrected chi connectivity index (χ3v) is 6.30. The number of carbonyl (C=O) groups excluding carboxylic acids is 1. The van der Waals surface area contributed by atoms with Gasteiger partial charge in [0.25, 0.3) is 5.91 Å². The summed E-state index contributed by atoms with van der Waals surface area (Å²) in [7, 11) is 0. The lowest BCUT2D eigenvalue weighted by atomic mass is 10.1. The second kappa shape index (κ2) is 14.7. The zero-order valence-electron chi connectivity index (χ0n) is 20.4. The normalized spacial score (nSPS) is 11.1. The van der Waals surface area contributed by atoms with E-state index in [9.17, 15) is 4.79 Å². The van der Waals surface area contributed by atoms with Crippen LogP contribution < -0.4 is 10.1 Å². The van der Waals surface area contributed by atoms with Crippen LogP contribution in [0.3, 0.4) is 0 Å². The highest BCUT2D eigenvalue weighted by Gasteiger charge is 2.10. The fourth-order valence-electron chi connectivity index (χ4n) is 4.16. The smallest absolute Gasteiger partial charge is 0.257 e. The van der Waals surface area contributed by atoms with E-state index in [1.807, 2.05) is 0 Å². The topological polar surface area (TPSA) is 56.2 Å². The van der Waals surface area contributed by atoms with Crippen LogP contribution >= 0.6 is 11.6 Å². The summed E-state index contributed by atoms with van der Waals surface area (Å²) in [5.74, 6) is 1.73. The third-order valence-electron chi connectivity index (χ3n) is 6.05. The minimum atomic E-state index is -0.101. The average molecular weight is 484 g/mol. The summed E-state index contributed by atoms with van der Waals surface area (Å²) < 4.78 is 7.90. The number of nitrogens with zero attached hydrogens (tertiary/aromatic N) is 2. The maximum absolute atomic E-state index is 12.0. The Morgan fingerprint density at radius 1 is 0.941 bits per heavy atom. The number of halogens is 1. The standard InChI is InChI=1S/C28H38ClN3O2/c1-2-3-4-5-6-12-21-32-26-14-10-9-13-25(26)31-27(32)15-8-7-11-20-30-28(33)22-34-24-18-16-23(29)17-19-24/h9-10,13-14,16-19H,2-8,11-12,15,20-22H2,1H3,(H,30,33). The Morgan fingerprint density at radius 2 is 1.68 bits per heavy atom. The average Bonchev–Trinajstić information content (AvgIpc) is 3.20. The number of benzene rings is 2. The van der Waals surface area contributed by atoms with Crippen LogP contribution in [-0.4, -0.2) is 28.6 Å². The van der Waals surface area contributed by atoms with Crippen molar-refractivity contribution in [3.63, 3.8) is 0 Å². The van der Waals surface area contributed by atoms with Gasteiger partial charge in [-0.1, -0.05) is 69.2 Å². The van der Waals surface area contributed by atoms with E-state index in [2.05, 4.69) is 41.1 Å². The Kier molecular flexibility index (Phi) is 11.3. The summed E-state index contributed by atoms with van der Waals surface area (Å²) >= 11 is 5.86. The molecule has 1 aromatic heterocycles. The highest BCUT2D eigenvalue weighted by molar-refractivity contribution is 6.30. The number of imidazole rings is 1. The van der Waals surface area contributed by atoms with E-state index in [0.717, 1.165) is 37.7 Å². The number of amides is 1. The molecule has 0 unspecified atom stereocenters. The number of aryl methyl sites for hydroxylation is 2. The van der Waals surface area contributed by atoms with Crippen molar-refractivity contribution in [1.29, 1.82) is 0 Å². The first-order chi connectivity index (χ1) is 16.7. The maximum atomic E-state index is 12.0. The van der Waals surface area contributed by atoms with Crippen molar-refractivity contribution in [2.75, 3.05) is 13.2 Å². The highest BCUT2D eigenvalue weighted by atomic mass is 35.5. The van der Waals surface area contributed by atoms with E-state index < -0.39 is 0 Å². The molecule has 0 fully saturated rings. The molecule has 0 bridgehead atoms. The van der Waals surface area contributed by atoms with Crippen LogP contribution in [0, 0.1) is 0 Å². The van der Waals surface area contributed by atoms with Gasteiger partial charge in [0.05, 0.1) is 11.0 Å².